The van der Waals surface area contributed by atoms with Crippen LogP contribution in [0.2, 0.25) is 0 Å². The molecule has 1 amide bonds. The Morgan fingerprint density at radius 1 is 1.16 bits per heavy atom. The minimum absolute atomic E-state index is 0.167. The molecule has 1 aromatic carbocycles. The Labute approximate surface area is 149 Å². The van der Waals surface area contributed by atoms with Gasteiger partial charge in [-0.05, 0) is 68.3 Å². The highest BCUT2D eigenvalue weighted by molar-refractivity contribution is 5.76. The molecule has 4 nitrogen and oxygen atoms in total. The van der Waals surface area contributed by atoms with Crippen molar-refractivity contribution in [1.82, 2.24) is 10.2 Å². The van der Waals surface area contributed by atoms with E-state index in [0.717, 1.165) is 70.6 Å². The lowest BCUT2D eigenvalue weighted by molar-refractivity contribution is -0.122. The highest BCUT2D eigenvalue weighted by Gasteiger charge is 2.21. The fourth-order valence-corrected chi connectivity index (χ4v) is 3.79. The number of hydrogen-bond acceptors (Lipinski definition) is 3. The van der Waals surface area contributed by atoms with Crippen LogP contribution in [0.25, 0.3) is 0 Å². The minimum atomic E-state index is -0.167. The lowest BCUT2D eigenvalue weighted by atomic mass is 9.94. The van der Waals surface area contributed by atoms with Crippen LogP contribution in [0.15, 0.2) is 24.3 Å². The zero-order valence-corrected chi connectivity index (χ0v) is 14.9. The maximum absolute atomic E-state index is 13.3. The summed E-state index contributed by atoms with van der Waals surface area (Å²) >= 11 is 0. The van der Waals surface area contributed by atoms with Crippen LogP contribution >= 0.6 is 0 Å². The lowest BCUT2D eigenvalue weighted by Crippen LogP contribution is -2.38. The van der Waals surface area contributed by atoms with E-state index >= 15 is 0 Å². The van der Waals surface area contributed by atoms with Gasteiger partial charge in [0.2, 0.25) is 5.91 Å². The van der Waals surface area contributed by atoms with Crippen molar-refractivity contribution in [3.63, 3.8) is 0 Å². The van der Waals surface area contributed by atoms with Gasteiger partial charge in [-0.2, -0.15) is 0 Å². The number of likely N-dealkylation sites (tertiary alicyclic amines) is 1. The van der Waals surface area contributed by atoms with Crippen molar-refractivity contribution in [2.75, 3.05) is 32.8 Å². The number of carbonyl (C=O) groups excluding carboxylic acids is 1. The van der Waals surface area contributed by atoms with Crippen molar-refractivity contribution in [1.29, 1.82) is 0 Å². The number of carbonyl (C=O) groups is 1. The second kappa shape index (κ2) is 9.30. The molecule has 3 rings (SSSR count). The third-order valence-corrected chi connectivity index (χ3v) is 5.41. The number of halogens is 1. The van der Waals surface area contributed by atoms with Crippen molar-refractivity contribution >= 4 is 5.91 Å². The number of hydrogen-bond donors (Lipinski definition) is 1. The van der Waals surface area contributed by atoms with Crippen LogP contribution < -0.4 is 5.32 Å². The molecule has 0 radical (unpaired) electrons. The number of piperidine rings is 1. The first-order valence-corrected chi connectivity index (χ1v) is 9.50. The SMILES string of the molecule is O=C(CC1CCOCC1)NCC1CCN(Cc2cccc(F)c2)CC1. The molecule has 0 aliphatic carbocycles. The standard InChI is InChI=1S/C20H29FN2O2/c21-19-3-1-2-18(12-19)15-23-8-4-17(5-9-23)14-22-20(24)13-16-6-10-25-11-7-16/h1-3,12,16-17H,4-11,13-15H2,(H,22,24). The smallest absolute Gasteiger partial charge is 0.220 e. The summed E-state index contributed by atoms with van der Waals surface area (Å²) in [5.41, 5.74) is 1.03. The van der Waals surface area contributed by atoms with Gasteiger partial charge in [-0.1, -0.05) is 12.1 Å². The lowest BCUT2D eigenvalue weighted by Gasteiger charge is -2.32. The van der Waals surface area contributed by atoms with E-state index in [0.29, 0.717) is 18.3 Å². The number of rotatable bonds is 6. The summed E-state index contributed by atoms with van der Waals surface area (Å²) in [5.74, 6) is 1.07. The van der Waals surface area contributed by atoms with E-state index in [4.69, 9.17) is 4.74 Å². The highest BCUT2D eigenvalue weighted by atomic mass is 19.1. The maximum atomic E-state index is 13.3. The summed E-state index contributed by atoms with van der Waals surface area (Å²) in [6.45, 7) is 5.20. The number of ether oxygens (including phenoxy) is 1. The normalized spacial score (nSPS) is 20.5. The van der Waals surface area contributed by atoms with Gasteiger partial charge in [-0.3, -0.25) is 9.69 Å². The van der Waals surface area contributed by atoms with Gasteiger partial charge in [0, 0.05) is 32.7 Å². The van der Waals surface area contributed by atoms with Gasteiger partial charge >= 0.3 is 0 Å². The topological polar surface area (TPSA) is 41.6 Å². The fourth-order valence-electron chi connectivity index (χ4n) is 3.79. The zero-order chi connectivity index (χ0) is 17.5. The molecule has 0 spiro atoms. The molecule has 0 unspecified atom stereocenters. The predicted molar refractivity (Wildman–Crippen MR) is 95.6 cm³/mol. The fraction of sp³-hybridized carbons (Fsp3) is 0.650. The number of nitrogens with zero attached hydrogens (tertiary/aromatic N) is 1. The van der Waals surface area contributed by atoms with E-state index in [1.807, 2.05) is 6.07 Å². The third-order valence-electron chi connectivity index (χ3n) is 5.41. The van der Waals surface area contributed by atoms with Crippen molar-refractivity contribution in [3.8, 4) is 0 Å². The number of amides is 1. The summed E-state index contributed by atoms with van der Waals surface area (Å²) in [4.78, 5) is 14.5. The van der Waals surface area contributed by atoms with Gasteiger partial charge in [0.1, 0.15) is 5.82 Å². The second-order valence-electron chi connectivity index (χ2n) is 7.41. The van der Waals surface area contributed by atoms with Crippen LogP contribution in [0.1, 0.15) is 37.7 Å². The van der Waals surface area contributed by atoms with Crippen molar-refractivity contribution in [2.24, 2.45) is 11.8 Å². The first kappa shape index (κ1) is 18.3. The second-order valence-corrected chi connectivity index (χ2v) is 7.41. The molecule has 0 saturated carbocycles. The predicted octanol–water partition coefficient (Wildman–Crippen LogP) is 2.97. The molecule has 0 aromatic heterocycles. The largest absolute Gasteiger partial charge is 0.381 e. The maximum Gasteiger partial charge on any atom is 0.220 e. The van der Waals surface area contributed by atoms with E-state index in [1.165, 1.54) is 6.07 Å². The molecule has 1 aromatic rings. The van der Waals surface area contributed by atoms with Gasteiger partial charge in [-0.15, -0.1) is 0 Å². The van der Waals surface area contributed by atoms with Crippen LogP contribution in [0, 0.1) is 17.7 Å². The monoisotopic (exact) mass is 348 g/mol. The number of benzene rings is 1. The molecular weight excluding hydrogens is 319 g/mol. The molecular formula is C20H29FN2O2. The van der Waals surface area contributed by atoms with Gasteiger partial charge in [0.15, 0.2) is 0 Å². The van der Waals surface area contributed by atoms with Crippen LogP contribution in [0.3, 0.4) is 0 Å². The van der Waals surface area contributed by atoms with E-state index < -0.39 is 0 Å². The van der Waals surface area contributed by atoms with Gasteiger partial charge in [-0.25, -0.2) is 4.39 Å². The minimum Gasteiger partial charge on any atom is -0.381 e. The van der Waals surface area contributed by atoms with E-state index in [-0.39, 0.29) is 11.7 Å². The van der Waals surface area contributed by atoms with Crippen molar-refractivity contribution in [3.05, 3.63) is 35.6 Å². The average Bonchev–Trinajstić information content (AvgIpc) is 2.62. The zero-order valence-electron chi connectivity index (χ0n) is 14.9. The summed E-state index contributed by atoms with van der Waals surface area (Å²) in [6, 6.07) is 6.85. The summed E-state index contributed by atoms with van der Waals surface area (Å²) in [5, 5.41) is 3.12. The molecule has 0 atom stereocenters. The molecule has 25 heavy (non-hydrogen) atoms. The summed E-state index contributed by atoms with van der Waals surface area (Å²) < 4.78 is 18.6. The summed E-state index contributed by atoms with van der Waals surface area (Å²) in [6.07, 6.45) is 4.83. The van der Waals surface area contributed by atoms with Crippen molar-refractivity contribution < 1.29 is 13.9 Å². The Morgan fingerprint density at radius 2 is 1.92 bits per heavy atom. The Morgan fingerprint density at radius 3 is 2.64 bits per heavy atom. The molecule has 2 saturated heterocycles. The van der Waals surface area contributed by atoms with Crippen LogP contribution in [-0.2, 0) is 16.1 Å². The molecule has 138 valence electrons. The first-order valence-electron chi connectivity index (χ1n) is 9.50. The van der Waals surface area contributed by atoms with Gasteiger partial charge in [0.25, 0.3) is 0 Å². The first-order chi connectivity index (χ1) is 12.2. The molecule has 5 heteroatoms. The molecule has 2 aliphatic heterocycles. The van der Waals surface area contributed by atoms with E-state index in [9.17, 15) is 9.18 Å². The van der Waals surface area contributed by atoms with Crippen LogP contribution in [0.5, 0.6) is 0 Å². The van der Waals surface area contributed by atoms with Crippen LogP contribution in [0.4, 0.5) is 4.39 Å². The van der Waals surface area contributed by atoms with Gasteiger partial charge < -0.3 is 10.1 Å². The summed E-state index contributed by atoms with van der Waals surface area (Å²) in [7, 11) is 0. The Bertz CT molecular complexity index is 552. The van der Waals surface area contributed by atoms with Crippen molar-refractivity contribution in [2.45, 2.75) is 38.6 Å². The molecule has 2 fully saturated rings. The Hall–Kier alpha value is -1.46. The third kappa shape index (κ3) is 6.08. The molecule has 1 N–H and O–H groups in total. The quantitative estimate of drug-likeness (QED) is 0.859. The van der Waals surface area contributed by atoms with E-state index in [2.05, 4.69) is 10.2 Å². The highest BCUT2D eigenvalue weighted by Crippen LogP contribution is 2.20. The molecule has 0 bridgehead atoms. The van der Waals surface area contributed by atoms with Gasteiger partial charge in [0.05, 0.1) is 0 Å². The molecule has 2 aliphatic rings. The average molecular weight is 348 g/mol. The van der Waals surface area contributed by atoms with E-state index in [1.54, 1.807) is 12.1 Å². The number of nitrogens with one attached hydrogen (secondary N) is 1. The Kier molecular flexibility index (Phi) is 6.82. The van der Waals surface area contributed by atoms with Crippen LogP contribution in [-0.4, -0.2) is 43.7 Å². The Balaban J connectivity index is 1.33. The molecule has 2 heterocycles.